The van der Waals surface area contributed by atoms with E-state index in [0.29, 0.717) is 0 Å². The van der Waals surface area contributed by atoms with Crippen molar-refractivity contribution in [2.75, 3.05) is 0 Å². The van der Waals surface area contributed by atoms with Crippen molar-refractivity contribution in [1.82, 2.24) is 0 Å². The zero-order valence-electron chi connectivity index (χ0n) is 8.14. The van der Waals surface area contributed by atoms with E-state index in [-0.39, 0.29) is 0 Å². The van der Waals surface area contributed by atoms with Crippen LogP contribution in [0.1, 0.15) is 17.5 Å². The van der Waals surface area contributed by atoms with Crippen LogP contribution in [0, 0.1) is 13.8 Å². The highest BCUT2D eigenvalue weighted by atomic mass is 27.3. The van der Waals surface area contributed by atoms with Crippen LogP contribution in [0.25, 0.3) is 0 Å². The molecule has 0 aromatic heterocycles. The van der Waals surface area contributed by atoms with Crippen molar-refractivity contribution in [2.24, 2.45) is 0 Å². The Hall–Kier alpha value is -0.458. The van der Waals surface area contributed by atoms with E-state index in [2.05, 4.69) is 38.1 Å². The molecule has 0 bridgehead atoms. The molecule has 14 heavy (non-hydrogen) atoms. The second kappa shape index (κ2) is 7.90. The zero-order valence-corrected chi connectivity index (χ0v) is 9.30. The molecule has 0 amide bonds. The number of benzene rings is 1. The average molecular weight is 217 g/mol. The molecule has 0 aliphatic heterocycles. The summed E-state index contributed by atoms with van der Waals surface area (Å²) >= 11 is -4.64. The van der Waals surface area contributed by atoms with Crippen molar-refractivity contribution in [3.63, 3.8) is 0 Å². The molecule has 0 fully saturated rings. The van der Waals surface area contributed by atoms with Crippen molar-refractivity contribution >= 4 is 15.5 Å². The molecule has 0 unspecified atom stereocenters. The second-order valence-electron chi connectivity index (χ2n) is 2.84. The fourth-order valence-corrected chi connectivity index (χ4v) is 0.959. The first-order chi connectivity index (χ1) is 6.56. The maximum Gasteiger partial charge on any atom is 1.04 e. The zero-order chi connectivity index (χ0) is 11.0. The first-order valence-corrected chi connectivity index (χ1v) is 5.64. The van der Waals surface area contributed by atoms with Gasteiger partial charge in [-0.3, -0.25) is 0 Å². The van der Waals surface area contributed by atoms with E-state index in [1.54, 1.807) is 0 Å². The molecule has 0 nitrogen and oxygen atoms in total. The van der Waals surface area contributed by atoms with Crippen LogP contribution >= 0.6 is 0 Å². The lowest BCUT2D eigenvalue weighted by Crippen LogP contribution is -1.81. The molecule has 1 rings (SSSR count). The van der Waals surface area contributed by atoms with Crippen LogP contribution in [0.2, 0.25) is 0 Å². The molecule has 77 valence electrons. The quantitative estimate of drug-likeness (QED) is 0.663. The van der Waals surface area contributed by atoms with Crippen molar-refractivity contribution < 1.29 is 10.6 Å². The third kappa shape index (κ3) is 8.15. The van der Waals surface area contributed by atoms with E-state index >= 15 is 0 Å². The SMILES string of the molecule is [CH2]CCc1ccc(C)cc1.[F][Al]([F])[F]. The van der Waals surface area contributed by atoms with Gasteiger partial charge in [0.25, 0.3) is 0 Å². The lowest BCUT2D eigenvalue weighted by atomic mass is 10.1. The number of halogens is 3. The molecule has 4 heteroatoms. The van der Waals surface area contributed by atoms with Gasteiger partial charge in [-0.15, -0.1) is 0 Å². The minimum absolute atomic E-state index is 0.989. The van der Waals surface area contributed by atoms with E-state index in [9.17, 15) is 10.6 Å². The lowest BCUT2D eigenvalue weighted by Gasteiger charge is -1.97. The minimum atomic E-state index is -4.64. The van der Waals surface area contributed by atoms with Crippen LogP contribution in [0.3, 0.4) is 0 Å². The standard InChI is InChI=1S/C10H13.Al.3FH/c1-3-4-10-7-5-9(2)6-8-10;;;;/h5-8H,1,3-4H2,2H3;;3*1H/q;+3;;;/p-3. The molecule has 0 aliphatic rings. The summed E-state index contributed by atoms with van der Waals surface area (Å²) in [6.45, 7) is 5.91. The van der Waals surface area contributed by atoms with E-state index < -0.39 is 15.5 Å². The highest BCUT2D eigenvalue weighted by molar-refractivity contribution is 6.33. The van der Waals surface area contributed by atoms with Crippen LogP contribution in [-0.4, -0.2) is 15.5 Å². The fourth-order valence-electron chi connectivity index (χ4n) is 0.959. The molecule has 0 spiro atoms. The number of rotatable bonds is 2. The predicted molar refractivity (Wildman–Crippen MR) is 53.9 cm³/mol. The number of hydrogen-bond acceptors (Lipinski definition) is 0. The maximum absolute atomic E-state index is 9.81. The van der Waals surface area contributed by atoms with E-state index in [1.165, 1.54) is 11.1 Å². The van der Waals surface area contributed by atoms with Gasteiger partial charge in [0, 0.05) is 0 Å². The summed E-state index contributed by atoms with van der Waals surface area (Å²) in [7, 11) is 0. The first-order valence-electron chi connectivity index (χ1n) is 4.33. The minimum Gasteiger partial charge on any atom is -0.346 e. The highest BCUT2D eigenvalue weighted by Crippen LogP contribution is 2.04. The van der Waals surface area contributed by atoms with Crippen molar-refractivity contribution in [3.8, 4) is 0 Å². The van der Waals surface area contributed by atoms with Crippen LogP contribution in [0.5, 0.6) is 0 Å². The van der Waals surface area contributed by atoms with E-state index in [0.717, 1.165) is 12.8 Å². The molecule has 0 saturated carbocycles. The van der Waals surface area contributed by atoms with Gasteiger partial charge >= 0.3 is 15.5 Å². The first kappa shape index (κ1) is 13.5. The third-order valence-electron chi connectivity index (χ3n) is 1.59. The summed E-state index contributed by atoms with van der Waals surface area (Å²) in [6, 6.07) is 8.62. The van der Waals surface area contributed by atoms with E-state index in [1.807, 2.05) is 0 Å². The highest BCUT2D eigenvalue weighted by Gasteiger charge is 2.21. The maximum atomic E-state index is 9.81. The Morgan fingerprint density at radius 1 is 1.14 bits per heavy atom. The van der Waals surface area contributed by atoms with Gasteiger partial charge in [-0.05, 0) is 25.3 Å². The molecular formula is C10H13AlF3. The predicted octanol–water partition coefficient (Wildman–Crippen LogP) is 3.64. The molecule has 1 aromatic rings. The largest absolute Gasteiger partial charge is 1.04 e. The van der Waals surface area contributed by atoms with Crippen molar-refractivity contribution in [2.45, 2.75) is 19.8 Å². The Morgan fingerprint density at radius 2 is 1.57 bits per heavy atom. The van der Waals surface area contributed by atoms with Gasteiger partial charge in [0.2, 0.25) is 0 Å². The van der Waals surface area contributed by atoms with Gasteiger partial charge in [-0.25, -0.2) is 0 Å². The summed E-state index contributed by atoms with van der Waals surface area (Å²) in [4.78, 5) is 0. The van der Waals surface area contributed by atoms with Gasteiger partial charge in [0.15, 0.2) is 0 Å². The summed E-state index contributed by atoms with van der Waals surface area (Å²) in [5.41, 5.74) is 2.72. The number of hydrogen-bond donors (Lipinski definition) is 0. The second-order valence-corrected chi connectivity index (χ2v) is 3.33. The summed E-state index contributed by atoms with van der Waals surface area (Å²) in [6.07, 6.45) is 2.09. The molecule has 0 N–H and O–H groups in total. The third-order valence-corrected chi connectivity index (χ3v) is 1.59. The number of aryl methyl sites for hydroxylation is 2. The summed E-state index contributed by atoms with van der Waals surface area (Å²) in [5, 5.41) is 0. The van der Waals surface area contributed by atoms with Crippen LogP contribution in [0.4, 0.5) is 10.6 Å². The molecule has 0 aliphatic carbocycles. The summed E-state index contributed by atoms with van der Waals surface area (Å²) in [5.74, 6) is 0. The van der Waals surface area contributed by atoms with Crippen molar-refractivity contribution in [3.05, 3.63) is 42.3 Å². The Labute approximate surface area is 88.6 Å². The van der Waals surface area contributed by atoms with Gasteiger partial charge in [0.05, 0.1) is 0 Å². The Kier molecular flexibility index (Phi) is 7.64. The molecule has 1 aromatic carbocycles. The Bertz CT molecular complexity index is 231. The smallest absolute Gasteiger partial charge is 0.346 e. The van der Waals surface area contributed by atoms with Gasteiger partial charge in [-0.2, -0.15) is 0 Å². The molecule has 1 radical (unpaired) electrons. The Balaban J connectivity index is 0.000000364. The Morgan fingerprint density at radius 3 is 1.93 bits per heavy atom. The van der Waals surface area contributed by atoms with Crippen LogP contribution < -0.4 is 0 Å². The van der Waals surface area contributed by atoms with Gasteiger partial charge < -0.3 is 10.6 Å². The van der Waals surface area contributed by atoms with E-state index in [4.69, 9.17) is 0 Å². The van der Waals surface area contributed by atoms with Crippen LogP contribution in [0.15, 0.2) is 24.3 Å². The van der Waals surface area contributed by atoms with Crippen molar-refractivity contribution in [1.29, 1.82) is 0 Å². The van der Waals surface area contributed by atoms with Gasteiger partial charge in [-0.1, -0.05) is 36.8 Å². The fraction of sp³-hybridized carbons (Fsp3) is 0.300. The monoisotopic (exact) mass is 217 g/mol. The van der Waals surface area contributed by atoms with Gasteiger partial charge in [0.1, 0.15) is 0 Å². The molecule has 0 saturated heterocycles. The molecule has 0 atom stereocenters. The van der Waals surface area contributed by atoms with Crippen LogP contribution in [-0.2, 0) is 6.42 Å². The normalized spacial score (nSPS) is 8.93. The molecule has 0 heterocycles. The topological polar surface area (TPSA) is 0 Å². The summed E-state index contributed by atoms with van der Waals surface area (Å²) < 4.78 is 29.4. The lowest BCUT2D eigenvalue weighted by molar-refractivity contribution is 0.535. The molecular weight excluding hydrogens is 204 g/mol. The average Bonchev–Trinajstić information content (AvgIpc) is 2.08.